The summed E-state index contributed by atoms with van der Waals surface area (Å²) in [6.45, 7) is 2.07. The summed E-state index contributed by atoms with van der Waals surface area (Å²) in [6, 6.07) is 4.69. The van der Waals surface area contributed by atoms with Crippen LogP contribution in [0.3, 0.4) is 0 Å². The van der Waals surface area contributed by atoms with Gasteiger partial charge in [-0.2, -0.15) is 0 Å². The van der Waals surface area contributed by atoms with Crippen LogP contribution in [0.25, 0.3) is 0 Å². The fourth-order valence-corrected chi connectivity index (χ4v) is 3.27. The molecule has 2 aromatic rings. The van der Waals surface area contributed by atoms with Gasteiger partial charge in [0.2, 0.25) is 0 Å². The second-order valence-electron chi connectivity index (χ2n) is 3.43. The average Bonchev–Trinajstić information content (AvgIpc) is 2.85. The van der Waals surface area contributed by atoms with Crippen LogP contribution < -0.4 is 5.32 Å². The summed E-state index contributed by atoms with van der Waals surface area (Å²) in [7, 11) is 2.01. The maximum absolute atomic E-state index is 4.30. The van der Waals surface area contributed by atoms with E-state index in [1.54, 1.807) is 11.3 Å². The molecule has 2 nitrogen and oxygen atoms in total. The molecule has 1 N–H and O–H groups in total. The van der Waals surface area contributed by atoms with E-state index in [1.807, 2.05) is 23.9 Å². The maximum Gasteiger partial charge on any atom is 0.0798 e. The van der Waals surface area contributed by atoms with Gasteiger partial charge in [0.05, 0.1) is 11.2 Å². The number of aromatic nitrogens is 1. The summed E-state index contributed by atoms with van der Waals surface area (Å²) in [5, 5.41) is 5.49. The third-order valence-electron chi connectivity index (χ3n) is 2.43. The molecular weight excluding hydrogens is 224 g/mol. The van der Waals surface area contributed by atoms with Crippen molar-refractivity contribution in [1.29, 1.82) is 0 Å². The Hall–Kier alpha value is -0.710. The Morgan fingerprint density at radius 2 is 2.33 bits per heavy atom. The molecule has 0 amide bonds. The van der Waals surface area contributed by atoms with E-state index in [4.69, 9.17) is 0 Å². The number of aryl methyl sites for hydroxylation is 1. The molecule has 2 heterocycles. The number of hydrogen-bond acceptors (Lipinski definition) is 4. The number of nitrogens with one attached hydrogen (secondary N) is 1. The van der Waals surface area contributed by atoms with E-state index in [-0.39, 0.29) is 0 Å². The molecule has 0 saturated carbocycles. The molecular formula is C11H14N2S2. The zero-order chi connectivity index (χ0) is 10.7. The first-order valence-corrected chi connectivity index (χ1v) is 6.67. The summed E-state index contributed by atoms with van der Waals surface area (Å²) in [4.78, 5) is 7.07. The summed E-state index contributed by atoms with van der Waals surface area (Å²) < 4.78 is 0. The van der Waals surface area contributed by atoms with Crippen molar-refractivity contribution in [3.05, 3.63) is 38.5 Å². The van der Waals surface area contributed by atoms with Gasteiger partial charge in [-0.3, -0.25) is 0 Å². The Bertz CT molecular complexity index is 406. The van der Waals surface area contributed by atoms with E-state index in [1.165, 1.54) is 9.75 Å². The van der Waals surface area contributed by atoms with Crippen LogP contribution in [0.4, 0.5) is 0 Å². The van der Waals surface area contributed by atoms with Crippen molar-refractivity contribution in [3.63, 3.8) is 0 Å². The second-order valence-corrected chi connectivity index (χ2v) is 5.35. The van der Waals surface area contributed by atoms with Crippen molar-refractivity contribution in [2.75, 3.05) is 7.05 Å². The van der Waals surface area contributed by atoms with Crippen molar-refractivity contribution < 1.29 is 0 Å². The van der Waals surface area contributed by atoms with Gasteiger partial charge in [-0.05, 0) is 25.4 Å². The Balaban J connectivity index is 2.15. The van der Waals surface area contributed by atoms with Crippen molar-refractivity contribution in [2.45, 2.75) is 19.4 Å². The Morgan fingerprint density at radius 1 is 1.47 bits per heavy atom. The first-order valence-electron chi connectivity index (χ1n) is 4.91. The highest BCUT2D eigenvalue weighted by Gasteiger charge is 2.14. The Labute approximate surface area is 98.0 Å². The fourth-order valence-electron chi connectivity index (χ4n) is 1.60. The SMILES string of the molecule is CNC(Cc1cccs1)c1scnc1C. The largest absolute Gasteiger partial charge is 0.312 e. The maximum atomic E-state index is 4.30. The molecule has 4 heteroatoms. The van der Waals surface area contributed by atoms with Gasteiger partial charge in [0, 0.05) is 22.2 Å². The molecule has 2 rings (SSSR count). The van der Waals surface area contributed by atoms with E-state index in [0.29, 0.717) is 6.04 Å². The first-order chi connectivity index (χ1) is 7.31. The number of rotatable bonds is 4. The molecule has 15 heavy (non-hydrogen) atoms. The predicted octanol–water partition coefficient (Wildman–Crippen LogP) is 3.02. The predicted molar refractivity (Wildman–Crippen MR) is 66.7 cm³/mol. The smallest absolute Gasteiger partial charge is 0.0798 e. The van der Waals surface area contributed by atoms with Gasteiger partial charge in [-0.1, -0.05) is 6.07 Å². The molecule has 0 fully saturated rings. The van der Waals surface area contributed by atoms with Gasteiger partial charge in [0.1, 0.15) is 0 Å². The van der Waals surface area contributed by atoms with E-state index < -0.39 is 0 Å². The number of thiazole rings is 1. The quantitative estimate of drug-likeness (QED) is 0.885. The molecule has 0 radical (unpaired) electrons. The minimum atomic E-state index is 0.399. The number of nitrogens with zero attached hydrogens (tertiary/aromatic N) is 1. The van der Waals surface area contributed by atoms with Gasteiger partial charge >= 0.3 is 0 Å². The normalized spacial score (nSPS) is 12.9. The number of hydrogen-bond donors (Lipinski definition) is 1. The third-order valence-corrected chi connectivity index (χ3v) is 4.38. The molecule has 0 spiro atoms. The molecule has 1 atom stereocenters. The monoisotopic (exact) mass is 238 g/mol. The number of thiophene rings is 1. The minimum Gasteiger partial charge on any atom is -0.312 e. The molecule has 0 aliphatic carbocycles. The molecule has 0 bridgehead atoms. The lowest BCUT2D eigenvalue weighted by molar-refractivity contribution is 0.602. The van der Waals surface area contributed by atoms with E-state index in [2.05, 4.69) is 34.7 Å². The van der Waals surface area contributed by atoms with Gasteiger partial charge in [-0.15, -0.1) is 22.7 Å². The van der Waals surface area contributed by atoms with Crippen molar-refractivity contribution in [1.82, 2.24) is 10.3 Å². The van der Waals surface area contributed by atoms with Crippen molar-refractivity contribution in [3.8, 4) is 0 Å². The van der Waals surface area contributed by atoms with Gasteiger partial charge in [-0.25, -0.2) is 4.98 Å². The van der Waals surface area contributed by atoms with Crippen LogP contribution in [0.2, 0.25) is 0 Å². The second kappa shape index (κ2) is 4.88. The highest BCUT2D eigenvalue weighted by molar-refractivity contribution is 7.10. The van der Waals surface area contributed by atoms with Crippen LogP contribution in [0.5, 0.6) is 0 Å². The summed E-state index contributed by atoms with van der Waals surface area (Å²) >= 11 is 3.55. The number of likely N-dealkylation sites (N-methyl/N-ethyl adjacent to an activating group) is 1. The first kappa shape index (κ1) is 10.8. The Kier molecular flexibility index (Phi) is 3.51. The van der Waals surface area contributed by atoms with E-state index in [9.17, 15) is 0 Å². The minimum absolute atomic E-state index is 0.399. The highest BCUT2D eigenvalue weighted by atomic mass is 32.1. The van der Waals surface area contributed by atoms with E-state index >= 15 is 0 Å². The van der Waals surface area contributed by atoms with Crippen LogP contribution >= 0.6 is 22.7 Å². The van der Waals surface area contributed by atoms with Crippen LogP contribution in [-0.4, -0.2) is 12.0 Å². The van der Waals surface area contributed by atoms with Crippen LogP contribution in [0.15, 0.2) is 23.0 Å². The lowest BCUT2D eigenvalue weighted by Crippen LogP contribution is -2.18. The standard InChI is InChI=1S/C11H14N2S2/c1-8-11(15-7-13-8)10(12-2)6-9-4-3-5-14-9/h3-5,7,10,12H,6H2,1-2H3. The lowest BCUT2D eigenvalue weighted by atomic mass is 10.1. The van der Waals surface area contributed by atoms with Crippen LogP contribution in [0.1, 0.15) is 21.5 Å². The Morgan fingerprint density at radius 3 is 2.87 bits per heavy atom. The molecule has 0 aliphatic heterocycles. The zero-order valence-corrected chi connectivity index (χ0v) is 10.5. The van der Waals surface area contributed by atoms with E-state index in [0.717, 1.165) is 12.1 Å². The van der Waals surface area contributed by atoms with Crippen molar-refractivity contribution in [2.24, 2.45) is 0 Å². The topological polar surface area (TPSA) is 24.9 Å². The van der Waals surface area contributed by atoms with Crippen LogP contribution in [0, 0.1) is 6.92 Å². The fraction of sp³-hybridized carbons (Fsp3) is 0.364. The summed E-state index contributed by atoms with van der Waals surface area (Å²) in [5.41, 5.74) is 3.07. The zero-order valence-electron chi connectivity index (χ0n) is 8.86. The highest BCUT2D eigenvalue weighted by Crippen LogP contribution is 2.26. The molecule has 0 aliphatic rings. The molecule has 80 valence electrons. The summed E-state index contributed by atoms with van der Waals surface area (Å²) in [6.07, 6.45) is 1.05. The lowest BCUT2D eigenvalue weighted by Gasteiger charge is -2.13. The average molecular weight is 238 g/mol. The molecule has 0 saturated heterocycles. The van der Waals surface area contributed by atoms with Crippen LogP contribution in [-0.2, 0) is 6.42 Å². The van der Waals surface area contributed by atoms with Gasteiger partial charge < -0.3 is 5.32 Å². The van der Waals surface area contributed by atoms with Gasteiger partial charge in [0.15, 0.2) is 0 Å². The third kappa shape index (κ3) is 2.45. The van der Waals surface area contributed by atoms with Crippen molar-refractivity contribution >= 4 is 22.7 Å². The molecule has 0 aromatic carbocycles. The summed E-state index contributed by atoms with van der Waals surface area (Å²) in [5.74, 6) is 0. The molecule has 1 unspecified atom stereocenters. The molecule has 2 aromatic heterocycles. The van der Waals surface area contributed by atoms with Gasteiger partial charge in [0.25, 0.3) is 0 Å².